The minimum absolute atomic E-state index is 0.150. The van der Waals surface area contributed by atoms with Gasteiger partial charge in [0.1, 0.15) is 10.6 Å². The molecular weight excluding hydrogens is 376 g/mol. The van der Waals surface area contributed by atoms with Crippen molar-refractivity contribution in [2.45, 2.75) is 37.2 Å². The highest BCUT2D eigenvalue weighted by molar-refractivity contribution is 7.92. The number of sulfonamides is 1. The van der Waals surface area contributed by atoms with Gasteiger partial charge in [-0.1, -0.05) is 13.0 Å². The van der Waals surface area contributed by atoms with Crippen molar-refractivity contribution in [2.24, 2.45) is 0 Å². The molecule has 7 heteroatoms. The first-order valence-electron chi connectivity index (χ1n) is 9.54. The fourth-order valence-electron chi connectivity index (χ4n) is 3.47. The lowest BCUT2D eigenvalue weighted by molar-refractivity contribution is 0.0893. The minimum Gasteiger partial charge on any atom is -0.495 e. The van der Waals surface area contributed by atoms with Crippen molar-refractivity contribution in [2.75, 3.05) is 36.9 Å². The van der Waals surface area contributed by atoms with E-state index in [2.05, 4.69) is 9.62 Å². The third-order valence-corrected chi connectivity index (χ3v) is 6.52. The molecule has 1 saturated heterocycles. The van der Waals surface area contributed by atoms with Gasteiger partial charge in [-0.2, -0.15) is 0 Å². The van der Waals surface area contributed by atoms with Crippen molar-refractivity contribution in [3.63, 3.8) is 0 Å². The Morgan fingerprint density at radius 1 is 1.14 bits per heavy atom. The molecule has 6 nitrogen and oxygen atoms in total. The summed E-state index contributed by atoms with van der Waals surface area (Å²) >= 11 is 0. The van der Waals surface area contributed by atoms with Crippen LogP contribution in [0.25, 0.3) is 0 Å². The number of benzene rings is 2. The van der Waals surface area contributed by atoms with E-state index < -0.39 is 10.0 Å². The summed E-state index contributed by atoms with van der Waals surface area (Å²) in [5, 5.41) is 0. The number of piperidine rings is 1. The van der Waals surface area contributed by atoms with Crippen molar-refractivity contribution >= 4 is 21.4 Å². The molecule has 0 saturated carbocycles. The second-order valence-electron chi connectivity index (χ2n) is 6.94. The van der Waals surface area contributed by atoms with Gasteiger partial charge in [0.15, 0.2) is 0 Å². The van der Waals surface area contributed by atoms with Crippen LogP contribution in [0.2, 0.25) is 0 Å². The molecule has 1 unspecified atom stereocenters. The molecule has 0 spiro atoms. The number of nitrogens with one attached hydrogen (secondary N) is 1. The highest BCUT2D eigenvalue weighted by Crippen LogP contribution is 2.28. The smallest absolute Gasteiger partial charge is 0.265 e. The molecule has 0 amide bonds. The highest BCUT2D eigenvalue weighted by Gasteiger charge is 2.22. The zero-order valence-electron chi connectivity index (χ0n) is 16.6. The molecule has 0 radical (unpaired) electrons. The van der Waals surface area contributed by atoms with Gasteiger partial charge in [0.05, 0.1) is 13.2 Å². The molecule has 0 bridgehead atoms. The van der Waals surface area contributed by atoms with E-state index in [-0.39, 0.29) is 11.0 Å². The van der Waals surface area contributed by atoms with E-state index in [0.29, 0.717) is 11.4 Å². The van der Waals surface area contributed by atoms with Gasteiger partial charge in [-0.25, -0.2) is 8.42 Å². The van der Waals surface area contributed by atoms with Crippen molar-refractivity contribution in [1.82, 2.24) is 0 Å². The van der Waals surface area contributed by atoms with Crippen molar-refractivity contribution in [3.8, 4) is 5.75 Å². The van der Waals surface area contributed by atoms with Gasteiger partial charge in [0, 0.05) is 31.6 Å². The normalized spacial score (nSPS) is 17.4. The molecule has 0 aromatic heterocycles. The summed E-state index contributed by atoms with van der Waals surface area (Å²) in [4.78, 5) is 2.42. The largest absolute Gasteiger partial charge is 0.495 e. The first-order valence-corrected chi connectivity index (χ1v) is 11.0. The van der Waals surface area contributed by atoms with Gasteiger partial charge < -0.3 is 14.4 Å². The van der Waals surface area contributed by atoms with Gasteiger partial charge in [0.2, 0.25) is 0 Å². The van der Waals surface area contributed by atoms with E-state index in [1.54, 1.807) is 31.4 Å². The summed E-state index contributed by atoms with van der Waals surface area (Å²) in [6.45, 7) is 3.81. The third kappa shape index (κ3) is 4.59. The Kier molecular flexibility index (Phi) is 6.46. The first-order chi connectivity index (χ1) is 13.5. The summed E-state index contributed by atoms with van der Waals surface area (Å²) in [6.07, 6.45) is 3.15. The Morgan fingerprint density at radius 2 is 1.89 bits per heavy atom. The second-order valence-corrected chi connectivity index (χ2v) is 8.59. The molecule has 1 aliphatic rings. The van der Waals surface area contributed by atoms with Crippen LogP contribution in [0.15, 0.2) is 47.4 Å². The molecule has 28 heavy (non-hydrogen) atoms. The van der Waals surface area contributed by atoms with E-state index >= 15 is 0 Å². The van der Waals surface area contributed by atoms with Crippen LogP contribution in [0.1, 0.15) is 25.3 Å². The molecule has 1 aliphatic heterocycles. The summed E-state index contributed by atoms with van der Waals surface area (Å²) in [6, 6.07) is 12.7. The van der Waals surface area contributed by atoms with Crippen molar-refractivity contribution < 1.29 is 17.9 Å². The lowest BCUT2D eigenvalue weighted by Crippen LogP contribution is -2.39. The van der Waals surface area contributed by atoms with Gasteiger partial charge >= 0.3 is 0 Å². The second kappa shape index (κ2) is 8.84. The molecule has 1 N–H and O–H groups in total. The highest BCUT2D eigenvalue weighted by atomic mass is 32.2. The molecule has 1 heterocycles. The minimum atomic E-state index is -3.75. The lowest BCUT2D eigenvalue weighted by atomic mass is 10.1. The SMILES string of the molecule is CCc1ccc(OC)c(S(=O)(=O)Nc2ccc(N3CCCC(OC)C3)cc2)c1. The number of hydrogen-bond donors (Lipinski definition) is 1. The topological polar surface area (TPSA) is 67.9 Å². The molecule has 1 atom stereocenters. The summed E-state index contributed by atoms with van der Waals surface area (Å²) in [7, 11) is -0.531. The Balaban J connectivity index is 1.78. The third-order valence-electron chi connectivity index (χ3n) is 5.12. The number of hydrogen-bond acceptors (Lipinski definition) is 5. The van der Waals surface area contributed by atoms with Crippen molar-refractivity contribution in [3.05, 3.63) is 48.0 Å². The van der Waals surface area contributed by atoms with Gasteiger partial charge in [-0.05, 0) is 61.2 Å². The number of nitrogens with zero attached hydrogens (tertiary/aromatic N) is 1. The van der Waals surface area contributed by atoms with Crippen LogP contribution in [0.5, 0.6) is 5.75 Å². The van der Waals surface area contributed by atoms with E-state index in [4.69, 9.17) is 9.47 Å². The maximum Gasteiger partial charge on any atom is 0.265 e. The number of anilines is 2. The van der Waals surface area contributed by atoms with E-state index in [0.717, 1.165) is 43.6 Å². The number of rotatable bonds is 7. The summed E-state index contributed by atoms with van der Waals surface area (Å²) < 4.78 is 39.2. The van der Waals surface area contributed by atoms with Gasteiger partial charge in [-0.3, -0.25) is 4.72 Å². The quantitative estimate of drug-likeness (QED) is 0.763. The Labute approximate surface area is 167 Å². The lowest BCUT2D eigenvalue weighted by Gasteiger charge is -2.33. The Morgan fingerprint density at radius 3 is 2.54 bits per heavy atom. The van der Waals surface area contributed by atoms with E-state index in [9.17, 15) is 8.42 Å². The zero-order chi connectivity index (χ0) is 20.1. The van der Waals surface area contributed by atoms with Crippen LogP contribution in [0, 0.1) is 0 Å². The fourth-order valence-corrected chi connectivity index (χ4v) is 4.75. The van der Waals surface area contributed by atoms with Crippen LogP contribution in [0.3, 0.4) is 0 Å². The summed E-state index contributed by atoms with van der Waals surface area (Å²) in [5.41, 5.74) is 2.53. The average molecular weight is 405 g/mol. The van der Waals surface area contributed by atoms with E-state index in [1.165, 1.54) is 7.11 Å². The van der Waals surface area contributed by atoms with Crippen molar-refractivity contribution in [1.29, 1.82) is 0 Å². The number of ether oxygens (including phenoxy) is 2. The maximum atomic E-state index is 12.9. The zero-order valence-corrected chi connectivity index (χ0v) is 17.5. The first kappa shape index (κ1) is 20.5. The predicted molar refractivity (Wildman–Crippen MR) is 112 cm³/mol. The Hall–Kier alpha value is -2.25. The van der Waals surface area contributed by atoms with Gasteiger partial charge in [-0.15, -0.1) is 0 Å². The Bertz CT molecular complexity index is 897. The van der Waals surface area contributed by atoms with Crippen LogP contribution in [0.4, 0.5) is 11.4 Å². The molecule has 3 rings (SSSR count). The van der Waals surface area contributed by atoms with Crippen LogP contribution in [-0.2, 0) is 21.2 Å². The molecule has 152 valence electrons. The summed E-state index contributed by atoms with van der Waals surface area (Å²) in [5.74, 6) is 0.334. The molecule has 2 aromatic carbocycles. The molecular formula is C21H28N2O4S. The van der Waals surface area contributed by atoms with Crippen LogP contribution < -0.4 is 14.4 Å². The molecule has 2 aromatic rings. The number of aryl methyl sites for hydroxylation is 1. The standard InChI is InChI=1S/C21H28N2O4S/c1-4-16-7-12-20(27-3)21(14-16)28(24,25)22-17-8-10-18(11-9-17)23-13-5-6-19(15-23)26-2/h7-12,14,19,22H,4-6,13,15H2,1-3H3. The molecule has 0 aliphatic carbocycles. The fraction of sp³-hybridized carbons (Fsp3) is 0.429. The maximum absolute atomic E-state index is 12.9. The van der Waals surface area contributed by atoms with E-state index in [1.807, 2.05) is 25.1 Å². The monoisotopic (exact) mass is 404 g/mol. The van der Waals surface area contributed by atoms with Crippen LogP contribution >= 0.6 is 0 Å². The van der Waals surface area contributed by atoms with Gasteiger partial charge in [0.25, 0.3) is 10.0 Å². The van der Waals surface area contributed by atoms with Crippen LogP contribution in [-0.4, -0.2) is 41.8 Å². The number of methoxy groups -OCH3 is 2. The predicted octanol–water partition coefficient (Wildman–Crippen LogP) is 3.67. The average Bonchev–Trinajstić information content (AvgIpc) is 2.73. The molecule has 1 fully saturated rings.